The van der Waals surface area contributed by atoms with Crippen LogP contribution in [0.5, 0.6) is 0 Å². The highest BCUT2D eigenvalue weighted by Gasteiger charge is 2.25. The number of carbonyl (C=O) groups excluding carboxylic acids is 2. The molecule has 1 atom stereocenters. The maximum atomic E-state index is 12.7. The molecule has 2 fully saturated rings. The molecule has 6 nitrogen and oxygen atoms in total. The lowest BCUT2D eigenvalue weighted by molar-refractivity contribution is 0.0948. The second kappa shape index (κ2) is 11.3. The maximum Gasteiger partial charge on any atom is 0.317 e. The summed E-state index contributed by atoms with van der Waals surface area (Å²) in [5.74, 6) is 0.276. The molecule has 2 saturated heterocycles. The molecule has 2 heterocycles. The Hall–Kier alpha value is -2.08. The van der Waals surface area contributed by atoms with Gasteiger partial charge < -0.3 is 20.4 Å². The molecule has 1 unspecified atom stereocenters. The number of likely N-dealkylation sites (tertiary alicyclic amines) is 2. The van der Waals surface area contributed by atoms with E-state index in [0.717, 1.165) is 44.6 Å². The van der Waals surface area contributed by atoms with Crippen LogP contribution in [0.2, 0.25) is 0 Å². The Balaban J connectivity index is 1.53. The molecule has 1 aromatic rings. The number of nitrogens with zero attached hydrogens (tertiary/aromatic N) is 2. The number of nitrogens with one attached hydrogen (secondary N) is 2. The summed E-state index contributed by atoms with van der Waals surface area (Å²) in [6, 6.07) is 8.10. The number of benzene rings is 1. The Morgan fingerprint density at radius 3 is 2.57 bits per heavy atom. The topological polar surface area (TPSA) is 64.7 Å². The Bertz CT molecular complexity index is 698. The molecule has 0 aromatic heterocycles. The van der Waals surface area contributed by atoms with Crippen LogP contribution >= 0.6 is 0 Å². The molecule has 1 aromatic carbocycles. The molecule has 0 bridgehead atoms. The Kier molecular flexibility index (Phi) is 8.55. The van der Waals surface area contributed by atoms with Crippen LogP contribution in [-0.4, -0.2) is 67.0 Å². The van der Waals surface area contributed by atoms with Crippen molar-refractivity contribution >= 4 is 11.9 Å². The molecule has 0 radical (unpaired) electrons. The van der Waals surface area contributed by atoms with E-state index in [9.17, 15) is 9.59 Å². The third kappa shape index (κ3) is 6.73. The summed E-state index contributed by atoms with van der Waals surface area (Å²) in [5, 5.41) is 6.08. The first-order chi connectivity index (χ1) is 14.5. The molecule has 6 heteroatoms. The van der Waals surface area contributed by atoms with Crippen molar-refractivity contribution in [2.45, 2.75) is 64.3 Å². The van der Waals surface area contributed by atoms with Crippen molar-refractivity contribution in [3.63, 3.8) is 0 Å². The van der Waals surface area contributed by atoms with Crippen molar-refractivity contribution in [3.05, 3.63) is 35.4 Å². The molecule has 3 rings (SSSR count). The molecule has 2 N–H and O–H groups in total. The van der Waals surface area contributed by atoms with E-state index in [-0.39, 0.29) is 23.9 Å². The van der Waals surface area contributed by atoms with Crippen LogP contribution in [0, 0.1) is 0 Å². The molecular weight excluding hydrogens is 376 g/mol. The fourth-order valence-electron chi connectivity index (χ4n) is 4.50. The summed E-state index contributed by atoms with van der Waals surface area (Å²) in [4.78, 5) is 29.4. The summed E-state index contributed by atoms with van der Waals surface area (Å²) in [5.41, 5.74) is 1.87. The number of hydrogen-bond acceptors (Lipinski definition) is 3. The summed E-state index contributed by atoms with van der Waals surface area (Å²) < 4.78 is 0. The van der Waals surface area contributed by atoms with Crippen LogP contribution in [-0.2, 0) is 0 Å². The van der Waals surface area contributed by atoms with E-state index >= 15 is 0 Å². The van der Waals surface area contributed by atoms with Gasteiger partial charge in [0.1, 0.15) is 0 Å². The number of rotatable bonds is 6. The predicted octanol–water partition coefficient (Wildman–Crippen LogP) is 3.59. The zero-order valence-corrected chi connectivity index (χ0v) is 18.7. The molecular formula is C24H38N4O2. The number of urea groups is 1. The molecule has 30 heavy (non-hydrogen) atoms. The maximum absolute atomic E-state index is 12.7. The molecule has 0 spiro atoms. The Morgan fingerprint density at radius 2 is 1.83 bits per heavy atom. The number of hydrogen-bond donors (Lipinski definition) is 2. The third-order valence-corrected chi connectivity index (χ3v) is 6.15. The fourth-order valence-corrected chi connectivity index (χ4v) is 4.50. The minimum absolute atomic E-state index is 0.00288. The highest BCUT2D eigenvalue weighted by molar-refractivity contribution is 5.94. The molecule has 0 saturated carbocycles. The average Bonchev–Trinajstić information content (AvgIpc) is 3.02. The van der Waals surface area contributed by atoms with Gasteiger partial charge in [0.2, 0.25) is 0 Å². The van der Waals surface area contributed by atoms with Gasteiger partial charge in [0, 0.05) is 43.7 Å². The van der Waals surface area contributed by atoms with Gasteiger partial charge in [0.25, 0.3) is 5.91 Å². The van der Waals surface area contributed by atoms with Crippen molar-refractivity contribution in [1.29, 1.82) is 0 Å². The Labute approximate surface area is 181 Å². The van der Waals surface area contributed by atoms with Crippen LogP contribution in [0.25, 0.3) is 0 Å². The van der Waals surface area contributed by atoms with Crippen molar-refractivity contribution in [2.75, 3.05) is 39.3 Å². The van der Waals surface area contributed by atoms with Crippen LogP contribution in [0.3, 0.4) is 0 Å². The van der Waals surface area contributed by atoms with Gasteiger partial charge in [-0.2, -0.15) is 0 Å². The van der Waals surface area contributed by atoms with Gasteiger partial charge in [-0.25, -0.2) is 4.79 Å². The largest absolute Gasteiger partial charge is 0.351 e. The summed E-state index contributed by atoms with van der Waals surface area (Å²) in [6.07, 6.45) is 7.22. The standard InChI is InChI=1S/C24H38N4O2/c1-19(2)26-24(30)28-15-8-11-22(18-28)20-9-7-10-21(17-20)23(29)25-12-16-27-13-5-3-4-6-14-27/h7,9-10,17,19,22H,3-6,8,11-16,18H2,1-2H3,(H,25,29)(H,26,30). The molecule has 3 amide bonds. The normalized spacial score (nSPS) is 20.6. The summed E-state index contributed by atoms with van der Waals surface area (Å²) in [7, 11) is 0. The van der Waals surface area contributed by atoms with Crippen LogP contribution in [0.15, 0.2) is 24.3 Å². The highest BCUT2D eigenvalue weighted by atomic mass is 16.2. The Morgan fingerprint density at radius 1 is 1.07 bits per heavy atom. The average molecular weight is 415 g/mol. The zero-order valence-electron chi connectivity index (χ0n) is 18.7. The first kappa shape index (κ1) is 22.6. The van der Waals surface area contributed by atoms with Gasteiger partial charge in [0.05, 0.1) is 0 Å². The van der Waals surface area contributed by atoms with Crippen molar-refractivity contribution < 1.29 is 9.59 Å². The lowest BCUT2D eigenvalue weighted by Gasteiger charge is -2.33. The summed E-state index contributed by atoms with van der Waals surface area (Å²) in [6.45, 7) is 9.37. The van der Waals surface area contributed by atoms with Gasteiger partial charge in [-0.15, -0.1) is 0 Å². The first-order valence-corrected chi connectivity index (χ1v) is 11.7. The lowest BCUT2D eigenvalue weighted by Crippen LogP contribution is -2.47. The second-order valence-electron chi connectivity index (χ2n) is 9.03. The minimum atomic E-state index is -0.00288. The SMILES string of the molecule is CC(C)NC(=O)N1CCCC(c2cccc(C(=O)NCCN3CCCCCC3)c2)C1. The predicted molar refractivity (Wildman–Crippen MR) is 121 cm³/mol. The smallest absolute Gasteiger partial charge is 0.317 e. The van der Waals surface area contributed by atoms with E-state index in [4.69, 9.17) is 0 Å². The van der Waals surface area contributed by atoms with Gasteiger partial charge in [-0.3, -0.25) is 4.79 Å². The minimum Gasteiger partial charge on any atom is -0.351 e. The number of piperidine rings is 1. The fraction of sp³-hybridized carbons (Fsp3) is 0.667. The monoisotopic (exact) mass is 414 g/mol. The van der Waals surface area contributed by atoms with E-state index in [0.29, 0.717) is 18.7 Å². The number of amides is 3. The van der Waals surface area contributed by atoms with Gasteiger partial charge in [-0.1, -0.05) is 25.0 Å². The van der Waals surface area contributed by atoms with E-state index in [1.54, 1.807) is 0 Å². The van der Waals surface area contributed by atoms with E-state index in [2.05, 4.69) is 21.6 Å². The van der Waals surface area contributed by atoms with Gasteiger partial charge >= 0.3 is 6.03 Å². The van der Waals surface area contributed by atoms with E-state index < -0.39 is 0 Å². The van der Waals surface area contributed by atoms with E-state index in [1.165, 1.54) is 25.7 Å². The zero-order chi connectivity index (χ0) is 21.3. The van der Waals surface area contributed by atoms with Crippen LogP contribution in [0.4, 0.5) is 4.79 Å². The van der Waals surface area contributed by atoms with Gasteiger partial charge in [-0.05, 0) is 70.3 Å². The van der Waals surface area contributed by atoms with E-state index in [1.807, 2.05) is 36.9 Å². The molecule has 166 valence electrons. The van der Waals surface area contributed by atoms with Crippen molar-refractivity contribution in [3.8, 4) is 0 Å². The lowest BCUT2D eigenvalue weighted by atomic mass is 9.89. The van der Waals surface area contributed by atoms with Crippen molar-refractivity contribution in [2.24, 2.45) is 0 Å². The van der Waals surface area contributed by atoms with Crippen LogP contribution < -0.4 is 10.6 Å². The first-order valence-electron chi connectivity index (χ1n) is 11.7. The molecule has 2 aliphatic heterocycles. The van der Waals surface area contributed by atoms with Gasteiger partial charge in [0.15, 0.2) is 0 Å². The molecule has 0 aliphatic carbocycles. The summed E-state index contributed by atoms with van der Waals surface area (Å²) >= 11 is 0. The second-order valence-corrected chi connectivity index (χ2v) is 9.03. The van der Waals surface area contributed by atoms with Crippen LogP contribution in [0.1, 0.15) is 74.2 Å². The van der Waals surface area contributed by atoms with Crippen molar-refractivity contribution in [1.82, 2.24) is 20.4 Å². The highest BCUT2D eigenvalue weighted by Crippen LogP contribution is 2.27. The molecule has 2 aliphatic rings. The third-order valence-electron chi connectivity index (χ3n) is 6.15. The number of carbonyl (C=O) groups is 2. The quantitative estimate of drug-likeness (QED) is 0.748.